The normalized spacial score (nSPS) is 16.8. The molecular weight excluding hydrogens is 741 g/mol. The molecule has 2 aliphatic rings. The van der Waals surface area contributed by atoms with E-state index in [0.717, 1.165) is 70.4 Å². The van der Waals surface area contributed by atoms with Crippen molar-refractivity contribution in [3.8, 4) is 5.75 Å². The third kappa shape index (κ3) is 7.24. The number of methoxy groups -OCH3 is 1. The van der Waals surface area contributed by atoms with Gasteiger partial charge in [-0.1, -0.05) is 0 Å². The molecule has 2 aromatic heterocycles. The summed E-state index contributed by atoms with van der Waals surface area (Å²) in [6.07, 6.45) is 6.28. The molecule has 50 heavy (non-hydrogen) atoms. The van der Waals surface area contributed by atoms with E-state index in [0.29, 0.717) is 22.0 Å². The molecule has 0 aliphatic carbocycles. The minimum atomic E-state index is -5.78. The van der Waals surface area contributed by atoms with Crippen molar-refractivity contribution in [3.05, 3.63) is 52.9 Å². The number of likely N-dealkylation sites (N-methyl/N-ethyl adjacent to an activating group) is 1. The summed E-state index contributed by atoms with van der Waals surface area (Å²) >= 11 is 3.39. The van der Waals surface area contributed by atoms with Crippen molar-refractivity contribution in [1.82, 2.24) is 29.7 Å². The number of rotatable bonds is 9. The molecule has 2 saturated heterocycles. The highest BCUT2D eigenvalue weighted by Crippen LogP contribution is 2.40. The number of aromatic nitrogens is 4. The van der Waals surface area contributed by atoms with Gasteiger partial charge in [0.05, 0.1) is 28.5 Å². The molecule has 0 amide bonds. The van der Waals surface area contributed by atoms with Gasteiger partial charge in [0.25, 0.3) is 0 Å². The van der Waals surface area contributed by atoms with Gasteiger partial charge in [0.15, 0.2) is 0 Å². The molecule has 0 saturated carbocycles. The molecule has 0 bridgehead atoms. The third-order valence-corrected chi connectivity index (χ3v) is 11.3. The van der Waals surface area contributed by atoms with Crippen LogP contribution in [0.25, 0.3) is 11.0 Å². The molecule has 18 heteroatoms. The summed E-state index contributed by atoms with van der Waals surface area (Å²) in [7, 11) is -1.21. The predicted octanol–water partition coefficient (Wildman–Crippen LogP) is 5.49. The number of fused-ring (bicyclic) bond motifs is 1. The van der Waals surface area contributed by atoms with Crippen molar-refractivity contribution in [2.75, 3.05) is 80.3 Å². The quantitative estimate of drug-likeness (QED) is 0.223. The van der Waals surface area contributed by atoms with Gasteiger partial charge in [0.2, 0.25) is 5.95 Å². The summed E-state index contributed by atoms with van der Waals surface area (Å²) in [5.41, 5.74) is -3.02. The highest BCUT2D eigenvalue weighted by molar-refractivity contribution is 9.10. The van der Waals surface area contributed by atoms with E-state index in [4.69, 9.17) is 4.74 Å². The van der Waals surface area contributed by atoms with Crippen molar-refractivity contribution < 1.29 is 26.3 Å². The van der Waals surface area contributed by atoms with Crippen molar-refractivity contribution >= 4 is 71.5 Å². The van der Waals surface area contributed by atoms with Gasteiger partial charge in [-0.25, -0.2) is 4.98 Å². The second-order valence-electron chi connectivity index (χ2n) is 12.3. The van der Waals surface area contributed by atoms with Gasteiger partial charge in [-0.15, -0.1) is 0 Å². The highest BCUT2D eigenvalue weighted by atomic mass is 79.9. The van der Waals surface area contributed by atoms with Gasteiger partial charge in [-0.2, -0.15) is 26.6 Å². The van der Waals surface area contributed by atoms with E-state index in [1.807, 2.05) is 19.1 Å². The lowest BCUT2D eigenvalue weighted by atomic mass is 10.0. The van der Waals surface area contributed by atoms with Gasteiger partial charge >= 0.3 is 15.5 Å². The summed E-state index contributed by atoms with van der Waals surface area (Å²) in [5, 5.41) is 6.16. The largest absolute Gasteiger partial charge is 0.516 e. The number of nitrogens with zero attached hydrogens (tertiary/aromatic N) is 8. The van der Waals surface area contributed by atoms with Crippen LogP contribution in [0.1, 0.15) is 18.4 Å². The first-order chi connectivity index (χ1) is 23.8. The van der Waals surface area contributed by atoms with Gasteiger partial charge in [-0.3, -0.25) is 19.2 Å². The number of piperidine rings is 1. The van der Waals surface area contributed by atoms with Gasteiger partial charge in [-0.05, 0) is 66.5 Å². The van der Waals surface area contributed by atoms with Crippen molar-refractivity contribution in [1.29, 1.82) is 0 Å². The standard InChI is InChI=1S/C32H38BrF3N10O3S/c1-20-17-25(27(49-4)18-26(20)46-11-7-21(8-12-46)45-15-13-43(2)14-16-45)41-31-39-19-22(33)30(42-31)40-24-6-5-23-28(38-10-9-37-23)29(24)44(3)50(47,48)32(34,35)36/h5-6,9-10,17-19,21H,7-8,11-16H2,1-4H3,(H2,39,40,41,42). The molecule has 4 heterocycles. The Morgan fingerprint density at radius 3 is 2.36 bits per heavy atom. The lowest BCUT2D eigenvalue weighted by Crippen LogP contribution is -2.52. The molecule has 13 nitrogen and oxygen atoms in total. The Morgan fingerprint density at radius 2 is 1.68 bits per heavy atom. The van der Waals surface area contributed by atoms with Crippen LogP contribution in [-0.4, -0.2) is 110 Å². The second-order valence-corrected chi connectivity index (χ2v) is 15.2. The average molecular weight is 780 g/mol. The number of ether oxygens (including phenoxy) is 1. The minimum Gasteiger partial charge on any atom is -0.494 e. The van der Waals surface area contributed by atoms with Gasteiger partial charge in [0.1, 0.15) is 22.8 Å². The Bertz CT molecular complexity index is 1970. The zero-order valence-electron chi connectivity index (χ0n) is 28.0. The Kier molecular flexibility index (Phi) is 10.3. The lowest BCUT2D eigenvalue weighted by molar-refractivity contribution is -0.0436. The SMILES string of the molecule is COc1cc(N2CCC(N3CCN(C)CC3)CC2)c(C)cc1Nc1ncc(Br)c(Nc2ccc3nccnc3c2N(C)S(=O)(=O)C(F)(F)F)n1. The highest BCUT2D eigenvalue weighted by Gasteiger charge is 2.50. The third-order valence-electron chi connectivity index (χ3n) is 9.20. The summed E-state index contributed by atoms with van der Waals surface area (Å²) in [6, 6.07) is 7.49. The first kappa shape index (κ1) is 35.8. The molecule has 4 aromatic rings. The van der Waals surface area contributed by atoms with Gasteiger partial charge in [0, 0.05) is 82.7 Å². The molecule has 268 valence electrons. The maximum absolute atomic E-state index is 13.6. The van der Waals surface area contributed by atoms with E-state index in [1.165, 1.54) is 30.7 Å². The van der Waals surface area contributed by atoms with Crippen LogP contribution >= 0.6 is 15.9 Å². The first-order valence-corrected chi connectivity index (χ1v) is 18.2. The Labute approximate surface area is 297 Å². The van der Waals surface area contributed by atoms with E-state index >= 15 is 0 Å². The lowest BCUT2D eigenvalue weighted by Gasteiger charge is -2.43. The van der Waals surface area contributed by atoms with Gasteiger partial charge < -0.3 is 25.2 Å². The maximum Gasteiger partial charge on any atom is 0.516 e. The van der Waals surface area contributed by atoms with Crippen LogP contribution in [0.4, 0.5) is 47.7 Å². The predicted molar refractivity (Wildman–Crippen MR) is 191 cm³/mol. The molecule has 2 fully saturated rings. The van der Waals surface area contributed by atoms with Crippen LogP contribution < -0.4 is 24.6 Å². The number of sulfonamides is 1. The van der Waals surface area contributed by atoms with Crippen LogP contribution in [0.5, 0.6) is 5.75 Å². The zero-order valence-corrected chi connectivity index (χ0v) is 30.4. The molecule has 2 aromatic carbocycles. The fourth-order valence-electron chi connectivity index (χ4n) is 6.42. The molecule has 2 N–H and O–H groups in total. The number of hydrogen-bond donors (Lipinski definition) is 2. The van der Waals surface area contributed by atoms with Crippen molar-refractivity contribution in [2.24, 2.45) is 0 Å². The van der Waals surface area contributed by atoms with E-state index < -0.39 is 15.5 Å². The molecule has 0 radical (unpaired) electrons. The molecule has 0 spiro atoms. The Hall–Kier alpha value is -4.00. The molecule has 0 unspecified atom stereocenters. The fraction of sp³-hybridized carbons (Fsp3) is 0.438. The van der Waals surface area contributed by atoms with E-state index in [1.54, 1.807) is 7.11 Å². The number of alkyl halides is 3. The molecular formula is C32H38BrF3N10O3S. The first-order valence-electron chi connectivity index (χ1n) is 16.0. The van der Waals surface area contributed by atoms with E-state index in [9.17, 15) is 21.6 Å². The molecule has 2 aliphatic heterocycles. The number of aryl methyl sites for hydroxylation is 1. The number of nitrogens with one attached hydrogen (secondary N) is 2. The monoisotopic (exact) mass is 778 g/mol. The number of benzene rings is 2. The summed E-state index contributed by atoms with van der Waals surface area (Å²) in [4.78, 5) is 24.6. The smallest absolute Gasteiger partial charge is 0.494 e. The average Bonchev–Trinajstić information content (AvgIpc) is 3.09. The number of anilines is 6. The summed E-state index contributed by atoms with van der Waals surface area (Å²) in [5.74, 6) is 0.898. The number of hydrogen-bond acceptors (Lipinski definition) is 12. The second kappa shape index (κ2) is 14.3. The van der Waals surface area contributed by atoms with Crippen molar-refractivity contribution in [2.45, 2.75) is 31.3 Å². The van der Waals surface area contributed by atoms with Crippen LogP contribution in [0, 0.1) is 6.92 Å². The summed E-state index contributed by atoms with van der Waals surface area (Å²) in [6.45, 7) is 8.36. The van der Waals surface area contributed by atoms with E-state index in [2.05, 4.69) is 68.2 Å². The van der Waals surface area contributed by atoms with Crippen LogP contribution in [0.15, 0.2) is 47.3 Å². The molecule has 0 atom stereocenters. The van der Waals surface area contributed by atoms with Crippen LogP contribution in [-0.2, 0) is 10.0 Å². The van der Waals surface area contributed by atoms with E-state index in [-0.39, 0.29) is 38.5 Å². The number of piperazine rings is 1. The maximum atomic E-state index is 13.6. The van der Waals surface area contributed by atoms with Crippen molar-refractivity contribution in [3.63, 3.8) is 0 Å². The summed E-state index contributed by atoms with van der Waals surface area (Å²) < 4.78 is 72.2. The fourth-order valence-corrected chi connectivity index (χ4v) is 7.45. The topological polar surface area (TPSA) is 132 Å². The number of halogens is 4. The minimum absolute atomic E-state index is 0.00662. The molecule has 6 rings (SSSR count). The zero-order chi connectivity index (χ0) is 35.8. The Balaban J connectivity index is 1.24. The van der Waals surface area contributed by atoms with Crippen LogP contribution in [0.2, 0.25) is 0 Å². The van der Waals surface area contributed by atoms with Crippen LogP contribution in [0.3, 0.4) is 0 Å². The Morgan fingerprint density at radius 1 is 0.980 bits per heavy atom.